The number of nitrogens with two attached hydrogens (primary N) is 1. The Balaban J connectivity index is 2.03. The van der Waals surface area contributed by atoms with E-state index >= 15 is 0 Å². The van der Waals surface area contributed by atoms with E-state index < -0.39 is 0 Å². The molecule has 0 saturated heterocycles. The third kappa shape index (κ3) is 3.32. The highest BCUT2D eigenvalue weighted by Gasteiger charge is 2.34. The highest BCUT2D eigenvalue weighted by atomic mass is 16.2. The van der Waals surface area contributed by atoms with Crippen LogP contribution in [-0.4, -0.2) is 24.5 Å². The molecule has 1 aromatic rings. The Hall–Kier alpha value is -1.42. The lowest BCUT2D eigenvalue weighted by Crippen LogP contribution is -2.39. The van der Waals surface area contributed by atoms with Gasteiger partial charge >= 0.3 is 0 Å². The van der Waals surface area contributed by atoms with E-state index in [1.54, 1.807) is 17.3 Å². The molecule has 0 aromatic carbocycles. The van der Waals surface area contributed by atoms with E-state index in [-0.39, 0.29) is 11.3 Å². The topological polar surface area (TPSA) is 59.2 Å². The zero-order valence-corrected chi connectivity index (χ0v) is 11.6. The standard InChI is InChI=1S/C15H23N3O/c1-18(13-5-9-17-10-6-13)14(19)11-15(12-16)7-3-2-4-8-15/h5-6,9-10H,2-4,7-8,11-12,16H2,1H3. The van der Waals surface area contributed by atoms with E-state index in [4.69, 9.17) is 5.73 Å². The molecule has 4 nitrogen and oxygen atoms in total. The summed E-state index contributed by atoms with van der Waals surface area (Å²) < 4.78 is 0. The number of nitrogens with zero attached hydrogens (tertiary/aromatic N) is 2. The molecule has 1 fully saturated rings. The van der Waals surface area contributed by atoms with E-state index in [2.05, 4.69) is 4.98 Å². The van der Waals surface area contributed by atoms with Crippen LogP contribution in [0.15, 0.2) is 24.5 Å². The molecule has 0 spiro atoms. The molecule has 0 radical (unpaired) electrons. The number of pyridine rings is 1. The minimum atomic E-state index is 0.0244. The summed E-state index contributed by atoms with van der Waals surface area (Å²) >= 11 is 0. The van der Waals surface area contributed by atoms with Gasteiger partial charge < -0.3 is 10.6 Å². The van der Waals surface area contributed by atoms with E-state index in [1.807, 2.05) is 19.2 Å². The summed E-state index contributed by atoms with van der Waals surface area (Å²) in [5, 5.41) is 0. The predicted molar refractivity (Wildman–Crippen MR) is 76.8 cm³/mol. The number of hydrogen-bond acceptors (Lipinski definition) is 3. The molecular weight excluding hydrogens is 238 g/mol. The SMILES string of the molecule is CN(C(=O)CC1(CN)CCCCC1)c1ccncc1. The van der Waals surface area contributed by atoms with Crippen molar-refractivity contribution in [1.82, 2.24) is 4.98 Å². The molecule has 0 aliphatic heterocycles. The molecule has 1 aromatic heterocycles. The zero-order chi connectivity index (χ0) is 13.7. The Morgan fingerprint density at radius 1 is 1.32 bits per heavy atom. The van der Waals surface area contributed by atoms with Crippen LogP contribution in [0.1, 0.15) is 38.5 Å². The Kier molecular flexibility index (Phi) is 4.53. The molecule has 4 heteroatoms. The maximum Gasteiger partial charge on any atom is 0.227 e. The van der Waals surface area contributed by atoms with Gasteiger partial charge in [-0.2, -0.15) is 0 Å². The van der Waals surface area contributed by atoms with Crippen molar-refractivity contribution >= 4 is 11.6 Å². The van der Waals surface area contributed by atoms with Gasteiger partial charge in [-0.25, -0.2) is 0 Å². The second-order valence-corrected chi connectivity index (χ2v) is 5.60. The van der Waals surface area contributed by atoms with Crippen molar-refractivity contribution in [2.75, 3.05) is 18.5 Å². The zero-order valence-electron chi connectivity index (χ0n) is 11.6. The minimum Gasteiger partial charge on any atom is -0.330 e. The van der Waals surface area contributed by atoms with Crippen molar-refractivity contribution in [3.05, 3.63) is 24.5 Å². The number of aromatic nitrogens is 1. The van der Waals surface area contributed by atoms with Crippen LogP contribution in [0.2, 0.25) is 0 Å². The van der Waals surface area contributed by atoms with Crippen LogP contribution >= 0.6 is 0 Å². The van der Waals surface area contributed by atoms with Crippen molar-refractivity contribution in [3.63, 3.8) is 0 Å². The monoisotopic (exact) mass is 261 g/mol. The first-order chi connectivity index (χ1) is 9.17. The van der Waals surface area contributed by atoms with Crippen LogP contribution in [0, 0.1) is 5.41 Å². The highest BCUT2D eigenvalue weighted by Crippen LogP contribution is 2.38. The summed E-state index contributed by atoms with van der Waals surface area (Å²) in [6.45, 7) is 0.614. The smallest absolute Gasteiger partial charge is 0.227 e. The Morgan fingerprint density at radius 2 is 1.95 bits per heavy atom. The molecule has 2 rings (SSSR count). The molecule has 19 heavy (non-hydrogen) atoms. The van der Waals surface area contributed by atoms with Crippen molar-refractivity contribution < 1.29 is 4.79 Å². The first-order valence-electron chi connectivity index (χ1n) is 7.03. The summed E-state index contributed by atoms with van der Waals surface area (Å²) in [6.07, 6.45) is 9.81. The average molecular weight is 261 g/mol. The number of hydrogen-bond donors (Lipinski definition) is 1. The van der Waals surface area contributed by atoms with E-state index in [1.165, 1.54) is 19.3 Å². The summed E-state index contributed by atoms with van der Waals surface area (Å²) in [7, 11) is 1.82. The molecule has 104 valence electrons. The minimum absolute atomic E-state index is 0.0244. The lowest BCUT2D eigenvalue weighted by atomic mass is 9.71. The van der Waals surface area contributed by atoms with Crippen LogP contribution in [0.25, 0.3) is 0 Å². The second kappa shape index (κ2) is 6.15. The van der Waals surface area contributed by atoms with Gasteiger partial charge in [-0.05, 0) is 36.9 Å². The fraction of sp³-hybridized carbons (Fsp3) is 0.600. The number of amides is 1. The van der Waals surface area contributed by atoms with Gasteiger partial charge in [-0.3, -0.25) is 9.78 Å². The fourth-order valence-corrected chi connectivity index (χ4v) is 2.91. The Morgan fingerprint density at radius 3 is 2.53 bits per heavy atom. The molecule has 1 saturated carbocycles. The number of carbonyl (C=O) groups is 1. The first-order valence-corrected chi connectivity index (χ1v) is 7.03. The summed E-state index contributed by atoms with van der Waals surface area (Å²) in [5.74, 6) is 0.151. The van der Waals surface area contributed by atoms with Crippen LogP contribution in [-0.2, 0) is 4.79 Å². The Bertz CT molecular complexity index is 413. The van der Waals surface area contributed by atoms with E-state index in [0.717, 1.165) is 18.5 Å². The van der Waals surface area contributed by atoms with Crippen molar-refractivity contribution in [2.24, 2.45) is 11.1 Å². The van der Waals surface area contributed by atoms with Crippen molar-refractivity contribution in [3.8, 4) is 0 Å². The largest absolute Gasteiger partial charge is 0.330 e. The number of rotatable bonds is 4. The van der Waals surface area contributed by atoms with Gasteiger partial charge in [0.15, 0.2) is 0 Å². The molecule has 1 heterocycles. The van der Waals surface area contributed by atoms with Crippen LogP contribution in [0.4, 0.5) is 5.69 Å². The van der Waals surface area contributed by atoms with Crippen LogP contribution < -0.4 is 10.6 Å². The average Bonchev–Trinajstić information content (AvgIpc) is 2.48. The van der Waals surface area contributed by atoms with Gasteiger partial charge in [-0.15, -0.1) is 0 Å². The third-order valence-electron chi connectivity index (χ3n) is 4.30. The maximum atomic E-state index is 12.4. The molecule has 2 N–H and O–H groups in total. The van der Waals surface area contributed by atoms with Gasteiger partial charge in [0, 0.05) is 31.5 Å². The summed E-state index contributed by atoms with van der Waals surface area (Å²) in [4.78, 5) is 18.1. The summed E-state index contributed by atoms with van der Waals surface area (Å²) in [6, 6.07) is 3.71. The van der Waals surface area contributed by atoms with Gasteiger partial charge in [0.25, 0.3) is 0 Å². The molecule has 0 bridgehead atoms. The van der Waals surface area contributed by atoms with Crippen molar-refractivity contribution in [2.45, 2.75) is 38.5 Å². The molecule has 1 aliphatic rings. The third-order valence-corrected chi connectivity index (χ3v) is 4.30. The quantitative estimate of drug-likeness (QED) is 0.905. The number of carbonyl (C=O) groups excluding carboxylic acids is 1. The molecule has 0 unspecified atom stereocenters. The highest BCUT2D eigenvalue weighted by molar-refractivity contribution is 5.93. The van der Waals surface area contributed by atoms with E-state index in [9.17, 15) is 4.79 Å². The lowest BCUT2D eigenvalue weighted by molar-refractivity contribution is -0.121. The van der Waals surface area contributed by atoms with Gasteiger partial charge in [-0.1, -0.05) is 19.3 Å². The molecule has 1 amide bonds. The van der Waals surface area contributed by atoms with Gasteiger partial charge in [0.1, 0.15) is 0 Å². The fourth-order valence-electron chi connectivity index (χ4n) is 2.91. The van der Waals surface area contributed by atoms with Gasteiger partial charge in [0.05, 0.1) is 0 Å². The maximum absolute atomic E-state index is 12.4. The predicted octanol–water partition coefficient (Wildman–Crippen LogP) is 2.34. The Labute approximate surface area is 115 Å². The normalized spacial score (nSPS) is 18.0. The van der Waals surface area contributed by atoms with E-state index in [0.29, 0.717) is 13.0 Å². The molecular formula is C15H23N3O. The van der Waals surface area contributed by atoms with Gasteiger partial charge in [0.2, 0.25) is 5.91 Å². The van der Waals surface area contributed by atoms with Crippen LogP contribution in [0.3, 0.4) is 0 Å². The molecule has 0 atom stereocenters. The second-order valence-electron chi connectivity index (χ2n) is 5.60. The number of anilines is 1. The summed E-state index contributed by atoms with van der Waals surface area (Å²) in [5.41, 5.74) is 6.86. The molecule has 1 aliphatic carbocycles. The van der Waals surface area contributed by atoms with Crippen molar-refractivity contribution in [1.29, 1.82) is 0 Å². The lowest BCUT2D eigenvalue weighted by Gasteiger charge is -2.36. The first kappa shape index (κ1) is 14.0. The van der Waals surface area contributed by atoms with Crippen LogP contribution in [0.5, 0.6) is 0 Å².